The fourth-order valence-corrected chi connectivity index (χ4v) is 3.69. The largest absolute Gasteiger partial charge is 0.245 e. The number of hydrogen-bond donors (Lipinski definition) is 0. The summed E-state index contributed by atoms with van der Waals surface area (Å²) in [6.07, 6.45) is 5.48. The molecule has 1 fully saturated rings. The topological polar surface area (TPSA) is 12.9 Å². The zero-order valence-corrected chi connectivity index (χ0v) is 11.7. The van der Waals surface area contributed by atoms with E-state index in [0.29, 0.717) is 0 Å². The van der Waals surface area contributed by atoms with Crippen molar-refractivity contribution in [1.29, 1.82) is 0 Å². The predicted molar refractivity (Wildman–Crippen MR) is 71.2 cm³/mol. The van der Waals surface area contributed by atoms with Gasteiger partial charge in [0, 0.05) is 16.7 Å². The fourth-order valence-electron chi connectivity index (χ4n) is 2.49. The molecule has 2 heteroatoms. The van der Waals surface area contributed by atoms with Crippen LogP contribution in [0.2, 0.25) is 0 Å². The summed E-state index contributed by atoms with van der Waals surface area (Å²) in [6, 6.07) is 0. The lowest BCUT2D eigenvalue weighted by molar-refractivity contribution is 0.519. The molecule has 1 saturated carbocycles. The van der Waals surface area contributed by atoms with Gasteiger partial charge in [-0.2, -0.15) is 0 Å². The van der Waals surface area contributed by atoms with Crippen LogP contribution in [-0.4, -0.2) is 4.98 Å². The van der Waals surface area contributed by atoms with Gasteiger partial charge in [0.2, 0.25) is 0 Å². The molecule has 0 saturated heterocycles. The van der Waals surface area contributed by atoms with Crippen LogP contribution in [-0.2, 0) is 5.41 Å². The SMILES string of the molecule is CCC1CCC(c2nc(C(C)(C)C)cs2)C1. The van der Waals surface area contributed by atoms with Crippen LogP contribution in [0.4, 0.5) is 0 Å². The average molecular weight is 237 g/mol. The summed E-state index contributed by atoms with van der Waals surface area (Å²) in [5, 5.41) is 3.65. The first-order chi connectivity index (χ1) is 7.50. The van der Waals surface area contributed by atoms with Crippen LogP contribution in [0, 0.1) is 5.92 Å². The van der Waals surface area contributed by atoms with Crippen molar-refractivity contribution in [2.45, 2.75) is 64.7 Å². The van der Waals surface area contributed by atoms with Crippen molar-refractivity contribution >= 4 is 11.3 Å². The van der Waals surface area contributed by atoms with Gasteiger partial charge in [0.25, 0.3) is 0 Å². The summed E-state index contributed by atoms with van der Waals surface area (Å²) in [7, 11) is 0. The third kappa shape index (κ3) is 2.48. The molecule has 1 aromatic heterocycles. The van der Waals surface area contributed by atoms with Crippen LogP contribution in [0.3, 0.4) is 0 Å². The van der Waals surface area contributed by atoms with E-state index in [4.69, 9.17) is 4.98 Å². The highest BCUT2D eigenvalue weighted by Gasteiger charge is 2.28. The van der Waals surface area contributed by atoms with Crippen molar-refractivity contribution in [1.82, 2.24) is 4.98 Å². The fraction of sp³-hybridized carbons (Fsp3) is 0.786. The molecule has 0 radical (unpaired) electrons. The van der Waals surface area contributed by atoms with Crippen LogP contribution < -0.4 is 0 Å². The van der Waals surface area contributed by atoms with E-state index in [9.17, 15) is 0 Å². The molecule has 0 aliphatic heterocycles. The van der Waals surface area contributed by atoms with Gasteiger partial charge < -0.3 is 0 Å². The Morgan fingerprint density at radius 3 is 2.62 bits per heavy atom. The average Bonchev–Trinajstić information content (AvgIpc) is 2.85. The number of hydrogen-bond acceptors (Lipinski definition) is 2. The first kappa shape index (κ1) is 12.1. The summed E-state index contributed by atoms with van der Waals surface area (Å²) in [5.74, 6) is 1.71. The van der Waals surface area contributed by atoms with Crippen molar-refractivity contribution in [2.75, 3.05) is 0 Å². The highest BCUT2D eigenvalue weighted by molar-refractivity contribution is 7.09. The van der Waals surface area contributed by atoms with Crippen LogP contribution in [0.15, 0.2) is 5.38 Å². The van der Waals surface area contributed by atoms with E-state index >= 15 is 0 Å². The number of aromatic nitrogens is 1. The molecule has 1 aliphatic carbocycles. The minimum Gasteiger partial charge on any atom is -0.245 e. The van der Waals surface area contributed by atoms with E-state index in [0.717, 1.165) is 11.8 Å². The Kier molecular flexibility index (Phi) is 3.39. The van der Waals surface area contributed by atoms with Gasteiger partial charge in [0.15, 0.2) is 0 Å². The van der Waals surface area contributed by atoms with Gasteiger partial charge in [-0.25, -0.2) is 4.98 Å². The van der Waals surface area contributed by atoms with Crippen LogP contribution >= 0.6 is 11.3 Å². The molecule has 1 aliphatic rings. The molecule has 1 nitrogen and oxygen atoms in total. The number of thiazole rings is 1. The lowest BCUT2D eigenvalue weighted by Crippen LogP contribution is -2.11. The van der Waals surface area contributed by atoms with Crippen molar-refractivity contribution in [2.24, 2.45) is 5.92 Å². The summed E-state index contributed by atoms with van der Waals surface area (Å²) in [5.41, 5.74) is 1.48. The van der Waals surface area contributed by atoms with E-state index in [1.54, 1.807) is 0 Å². The van der Waals surface area contributed by atoms with Crippen molar-refractivity contribution in [3.05, 3.63) is 16.1 Å². The third-order valence-electron chi connectivity index (χ3n) is 3.76. The molecule has 0 amide bonds. The maximum atomic E-state index is 4.85. The molecule has 1 aromatic rings. The second-order valence-electron chi connectivity index (χ2n) is 6.11. The maximum Gasteiger partial charge on any atom is 0.0959 e. The lowest BCUT2D eigenvalue weighted by atomic mass is 9.93. The van der Waals surface area contributed by atoms with Gasteiger partial charge in [-0.1, -0.05) is 34.1 Å². The molecule has 0 bridgehead atoms. The lowest BCUT2D eigenvalue weighted by Gasteiger charge is -2.14. The molecule has 2 unspecified atom stereocenters. The quantitative estimate of drug-likeness (QED) is 0.724. The Hall–Kier alpha value is -0.370. The minimum atomic E-state index is 0.206. The summed E-state index contributed by atoms with van der Waals surface area (Å²) in [4.78, 5) is 4.85. The van der Waals surface area contributed by atoms with Gasteiger partial charge >= 0.3 is 0 Å². The minimum absolute atomic E-state index is 0.206. The molecule has 1 heterocycles. The van der Waals surface area contributed by atoms with Gasteiger partial charge in [0.05, 0.1) is 10.7 Å². The van der Waals surface area contributed by atoms with Crippen LogP contribution in [0.5, 0.6) is 0 Å². The Morgan fingerprint density at radius 2 is 2.12 bits per heavy atom. The highest BCUT2D eigenvalue weighted by atomic mass is 32.1. The second kappa shape index (κ2) is 4.48. The van der Waals surface area contributed by atoms with Gasteiger partial charge in [-0.15, -0.1) is 11.3 Å². The van der Waals surface area contributed by atoms with Gasteiger partial charge in [-0.3, -0.25) is 0 Å². The molecule has 2 rings (SSSR count). The first-order valence-corrected chi connectivity index (χ1v) is 7.34. The van der Waals surface area contributed by atoms with Gasteiger partial charge in [-0.05, 0) is 25.2 Å². The predicted octanol–water partition coefficient (Wildman–Crippen LogP) is 4.73. The normalized spacial score (nSPS) is 26.2. The zero-order valence-electron chi connectivity index (χ0n) is 10.9. The Morgan fingerprint density at radius 1 is 1.38 bits per heavy atom. The monoisotopic (exact) mass is 237 g/mol. The maximum absolute atomic E-state index is 4.85. The smallest absolute Gasteiger partial charge is 0.0959 e. The molecule has 0 spiro atoms. The van der Waals surface area contributed by atoms with E-state index in [1.165, 1.54) is 36.4 Å². The first-order valence-electron chi connectivity index (χ1n) is 6.46. The molecule has 2 atom stereocenters. The van der Waals surface area contributed by atoms with Crippen molar-refractivity contribution < 1.29 is 0 Å². The third-order valence-corrected chi connectivity index (χ3v) is 4.77. The Labute approximate surface area is 103 Å². The van der Waals surface area contributed by atoms with Crippen molar-refractivity contribution in [3.63, 3.8) is 0 Å². The molecular weight excluding hydrogens is 214 g/mol. The highest BCUT2D eigenvalue weighted by Crippen LogP contribution is 2.41. The number of nitrogens with zero attached hydrogens (tertiary/aromatic N) is 1. The van der Waals surface area contributed by atoms with Gasteiger partial charge in [0.1, 0.15) is 0 Å². The Bertz CT molecular complexity index is 348. The van der Waals surface area contributed by atoms with E-state index in [-0.39, 0.29) is 5.41 Å². The summed E-state index contributed by atoms with van der Waals surface area (Å²) in [6.45, 7) is 9.05. The van der Waals surface area contributed by atoms with E-state index in [2.05, 4.69) is 33.1 Å². The standard InChI is InChI=1S/C14H23NS/c1-5-10-6-7-11(8-10)13-15-12(9-16-13)14(2,3)4/h9-11H,5-8H2,1-4H3. The zero-order chi connectivity index (χ0) is 11.8. The molecule has 16 heavy (non-hydrogen) atoms. The summed E-state index contributed by atoms with van der Waals surface area (Å²) < 4.78 is 0. The van der Waals surface area contributed by atoms with Crippen LogP contribution in [0.25, 0.3) is 0 Å². The van der Waals surface area contributed by atoms with E-state index in [1.807, 2.05) is 11.3 Å². The molecular formula is C14H23NS. The summed E-state index contributed by atoms with van der Waals surface area (Å²) >= 11 is 1.88. The van der Waals surface area contributed by atoms with E-state index < -0.39 is 0 Å². The second-order valence-corrected chi connectivity index (χ2v) is 6.99. The molecule has 90 valence electrons. The van der Waals surface area contributed by atoms with Crippen molar-refractivity contribution in [3.8, 4) is 0 Å². The van der Waals surface area contributed by atoms with Crippen LogP contribution in [0.1, 0.15) is 70.0 Å². The molecule has 0 N–H and O–H groups in total. The Balaban J connectivity index is 2.08. The number of rotatable bonds is 2. The molecule has 0 aromatic carbocycles.